The van der Waals surface area contributed by atoms with Crippen LogP contribution in [0.1, 0.15) is 44.9 Å². The van der Waals surface area contributed by atoms with E-state index in [-0.39, 0.29) is 11.7 Å². The lowest BCUT2D eigenvalue weighted by Gasteiger charge is -2.22. The fraction of sp³-hybridized carbons (Fsp3) is 0.562. The Labute approximate surface area is 119 Å². The van der Waals surface area contributed by atoms with E-state index in [9.17, 15) is 9.18 Å². The summed E-state index contributed by atoms with van der Waals surface area (Å²) < 4.78 is 18.1. The van der Waals surface area contributed by atoms with E-state index >= 15 is 0 Å². The molecule has 0 saturated heterocycles. The lowest BCUT2D eigenvalue weighted by molar-refractivity contribution is -0.122. The summed E-state index contributed by atoms with van der Waals surface area (Å²) in [6.07, 6.45) is 7.11. The summed E-state index contributed by atoms with van der Waals surface area (Å²) in [6, 6.07) is 6.29. The van der Waals surface area contributed by atoms with Crippen LogP contribution in [0.2, 0.25) is 0 Å². The minimum absolute atomic E-state index is 0.111. The maximum Gasteiger partial charge on any atom is 0.220 e. The number of hydrogen-bond acceptors (Lipinski definition) is 2. The van der Waals surface area contributed by atoms with Crippen LogP contribution in [0.3, 0.4) is 0 Å². The van der Waals surface area contributed by atoms with Crippen molar-refractivity contribution < 1.29 is 13.9 Å². The van der Waals surface area contributed by atoms with Crippen LogP contribution in [0.25, 0.3) is 0 Å². The average Bonchev–Trinajstić information content (AvgIpc) is 2.46. The van der Waals surface area contributed by atoms with Gasteiger partial charge in [-0.3, -0.25) is 4.79 Å². The van der Waals surface area contributed by atoms with Crippen LogP contribution in [0.15, 0.2) is 24.3 Å². The summed E-state index contributed by atoms with van der Waals surface area (Å²) in [6.45, 7) is 0.476. The van der Waals surface area contributed by atoms with E-state index in [1.54, 1.807) is 12.1 Å². The van der Waals surface area contributed by atoms with Crippen molar-refractivity contribution in [3.63, 3.8) is 0 Å². The number of benzene rings is 1. The number of hydrogen-bond donors (Lipinski definition) is 1. The van der Waals surface area contributed by atoms with Gasteiger partial charge >= 0.3 is 0 Å². The summed E-state index contributed by atoms with van der Waals surface area (Å²) in [4.78, 5) is 11.8. The highest BCUT2D eigenvalue weighted by molar-refractivity contribution is 5.76. The second-order valence-corrected chi connectivity index (χ2v) is 5.31. The molecule has 20 heavy (non-hydrogen) atoms. The number of carbonyl (C=O) groups is 1. The molecule has 1 aliphatic rings. The highest BCUT2D eigenvalue weighted by atomic mass is 19.1. The van der Waals surface area contributed by atoms with Crippen molar-refractivity contribution in [2.24, 2.45) is 0 Å². The molecular formula is C16H22FNO2. The Hall–Kier alpha value is -1.58. The highest BCUT2D eigenvalue weighted by Gasteiger charge is 2.15. The first-order chi connectivity index (χ1) is 9.74. The maximum absolute atomic E-state index is 12.7. The van der Waals surface area contributed by atoms with Gasteiger partial charge in [-0.25, -0.2) is 4.39 Å². The van der Waals surface area contributed by atoms with Gasteiger partial charge in [-0.15, -0.1) is 0 Å². The van der Waals surface area contributed by atoms with Gasteiger partial charge in [0.15, 0.2) is 0 Å². The van der Waals surface area contributed by atoms with Crippen LogP contribution >= 0.6 is 0 Å². The number of amides is 1. The lowest BCUT2D eigenvalue weighted by atomic mass is 9.95. The molecule has 1 aromatic rings. The third-order valence-electron chi connectivity index (χ3n) is 3.60. The molecule has 2 rings (SSSR count). The predicted molar refractivity (Wildman–Crippen MR) is 76.1 cm³/mol. The quantitative estimate of drug-likeness (QED) is 0.810. The molecular weight excluding hydrogens is 257 g/mol. The van der Waals surface area contributed by atoms with Crippen LogP contribution in [-0.4, -0.2) is 18.6 Å². The Bertz CT molecular complexity index is 413. The van der Waals surface area contributed by atoms with Crippen molar-refractivity contribution >= 4 is 5.91 Å². The number of rotatable bonds is 6. The topological polar surface area (TPSA) is 38.3 Å². The van der Waals surface area contributed by atoms with Crippen LogP contribution in [0, 0.1) is 5.82 Å². The average molecular weight is 279 g/mol. The van der Waals surface area contributed by atoms with E-state index in [0.29, 0.717) is 31.2 Å². The number of carbonyl (C=O) groups excluding carboxylic acids is 1. The molecule has 0 atom stereocenters. The molecule has 1 amide bonds. The molecule has 0 aliphatic heterocycles. The first kappa shape index (κ1) is 14.8. The van der Waals surface area contributed by atoms with Gasteiger partial charge < -0.3 is 10.1 Å². The number of ether oxygens (including phenoxy) is 1. The van der Waals surface area contributed by atoms with Gasteiger partial charge in [0, 0.05) is 12.5 Å². The highest BCUT2D eigenvalue weighted by Crippen LogP contribution is 2.17. The van der Waals surface area contributed by atoms with E-state index in [1.165, 1.54) is 31.4 Å². The summed E-state index contributed by atoms with van der Waals surface area (Å²) in [5, 5.41) is 3.08. The maximum atomic E-state index is 12.7. The Kier molecular flexibility index (Phi) is 5.84. The van der Waals surface area contributed by atoms with Crippen molar-refractivity contribution in [1.82, 2.24) is 5.32 Å². The van der Waals surface area contributed by atoms with E-state index in [2.05, 4.69) is 5.32 Å². The van der Waals surface area contributed by atoms with Crippen molar-refractivity contribution in [3.05, 3.63) is 30.1 Å². The molecule has 4 heteroatoms. The zero-order valence-electron chi connectivity index (χ0n) is 11.7. The normalized spacial score (nSPS) is 15.8. The third-order valence-corrected chi connectivity index (χ3v) is 3.60. The minimum atomic E-state index is -0.274. The monoisotopic (exact) mass is 279 g/mol. The van der Waals surface area contributed by atoms with Crippen LogP contribution in [0.5, 0.6) is 5.75 Å². The first-order valence-electron chi connectivity index (χ1n) is 7.42. The molecule has 0 heterocycles. The zero-order valence-corrected chi connectivity index (χ0v) is 11.7. The molecule has 1 saturated carbocycles. The van der Waals surface area contributed by atoms with E-state index < -0.39 is 0 Å². The molecule has 0 radical (unpaired) electrons. The standard InChI is InChI=1S/C16H22FNO2/c17-13-8-10-15(11-9-13)20-12-4-7-16(19)18-14-5-2-1-3-6-14/h8-11,14H,1-7,12H2,(H,18,19). The molecule has 0 bridgehead atoms. The van der Waals surface area contributed by atoms with E-state index in [1.807, 2.05) is 0 Å². The summed E-state index contributed by atoms with van der Waals surface area (Å²) in [5.41, 5.74) is 0. The molecule has 1 aliphatic carbocycles. The van der Waals surface area contributed by atoms with Crippen LogP contribution in [-0.2, 0) is 4.79 Å². The van der Waals surface area contributed by atoms with Gasteiger partial charge in [0.1, 0.15) is 11.6 Å². The van der Waals surface area contributed by atoms with Crippen LogP contribution in [0.4, 0.5) is 4.39 Å². The molecule has 1 N–H and O–H groups in total. The second kappa shape index (κ2) is 7.88. The fourth-order valence-electron chi connectivity index (χ4n) is 2.50. The summed E-state index contributed by atoms with van der Waals surface area (Å²) >= 11 is 0. The first-order valence-corrected chi connectivity index (χ1v) is 7.42. The molecule has 1 aromatic carbocycles. The minimum Gasteiger partial charge on any atom is -0.494 e. The van der Waals surface area contributed by atoms with Gasteiger partial charge in [0.2, 0.25) is 5.91 Å². The van der Waals surface area contributed by atoms with Gasteiger partial charge in [-0.1, -0.05) is 19.3 Å². The smallest absolute Gasteiger partial charge is 0.220 e. The molecule has 110 valence electrons. The number of halogens is 1. The lowest BCUT2D eigenvalue weighted by Crippen LogP contribution is -2.36. The van der Waals surface area contributed by atoms with E-state index in [4.69, 9.17) is 4.74 Å². The Balaban J connectivity index is 1.58. The largest absolute Gasteiger partial charge is 0.494 e. The molecule has 0 spiro atoms. The fourth-order valence-corrected chi connectivity index (χ4v) is 2.50. The molecule has 0 aromatic heterocycles. The van der Waals surface area contributed by atoms with Gasteiger partial charge in [0.05, 0.1) is 6.61 Å². The van der Waals surface area contributed by atoms with Crippen LogP contribution < -0.4 is 10.1 Å². The second-order valence-electron chi connectivity index (χ2n) is 5.31. The van der Waals surface area contributed by atoms with Gasteiger partial charge in [-0.2, -0.15) is 0 Å². The van der Waals surface area contributed by atoms with Gasteiger partial charge in [-0.05, 0) is 43.5 Å². The molecule has 0 unspecified atom stereocenters. The van der Waals surface area contributed by atoms with Crippen molar-refractivity contribution in [2.45, 2.75) is 51.0 Å². The van der Waals surface area contributed by atoms with Crippen molar-refractivity contribution in [2.75, 3.05) is 6.61 Å². The number of nitrogens with one attached hydrogen (secondary N) is 1. The Morgan fingerprint density at radius 1 is 1.20 bits per heavy atom. The molecule has 1 fully saturated rings. The zero-order chi connectivity index (χ0) is 14.2. The summed E-state index contributed by atoms with van der Waals surface area (Å²) in [5.74, 6) is 0.475. The predicted octanol–water partition coefficient (Wildman–Crippen LogP) is 3.43. The van der Waals surface area contributed by atoms with E-state index in [0.717, 1.165) is 12.8 Å². The third kappa shape index (κ3) is 5.19. The summed E-state index contributed by atoms with van der Waals surface area (Å²) in [7, 11) is 0. The van der Waals surface area contributed by atoms with Gasteiger partial charge in [0.25, 0.3) is 0 Å². The van der Waals surface area contributed by atoms with Crippen molar-refractivity contribution in [1.29, 1.82) is 0 Å². The van der Waals surface area contributed by atoms with Crippen molar-refractivity contribution in [3.8, 4) is 5.75 Å². The Morgan fingerprint density at radius 3 is 2.60 bits per heavy atom. The Morgan fingerprint density at radius 2 is 1.90 bits per heavy atom. The SMILES string of the molecule is O=C(CCCOc1ccc(F)cc1)NC1CCCCC1. The molecule has 3 nitrogen and oxygen atoms in total.